The minimum absolute atomic E-state index is 0.0505. The Morgan fingerprint density at radius 2 is 1.83 bits per heavy atom. The molecule has 2 aromatic carbocycles. The van der Waals surface area contributed by atoms with Crippen molar-refractivity contribution in [2.24, 2.45) is 5.92 Å². The first kappa shape index (κ1) is 22.8. The second-order valence-corrected chi connectivity index (χ2v) is 10.4. The number of benzene rings is 2. The predicted molar refractivity (Wildman–Crippen MR) is 139 cm³/mol. The Bertz CT molecular complexity index is 1510. The van der Waals surface area contributed by atoms with Gasteiger partial charge < -0.3 is 5.11 Å². The first-order valence-electron chi connectivity index (χ1n) is 11.9. The fourth-order valence-corrected chi connectivity index (χ4v) is 5.98. The van der Waals surface area contributed by atoms with Crippen molar-refractivity contribution in [3.63, 3.8) is 0 Å². The van der Waals surface area contributed by atoms with Gasteiger partial charge in [-0.15, -0.1) is 0 Å². The van der Waals surface area contributed by atoms with Crippen LogP contribution in [0, 0.1) is 11.7 Å². The van der Waals surface area contributed by atoms with Crippen molar-refractivity contribution < 1.29 is 14.3 Å². The fraction of sp³-hybridized carbons (Fsp3) is 0.207. The number of thiazole rings is 1. The van der Waals surface area contributed by atoms with Crippen molar-refractivity contribution in [3.05, 3.63) is 108 Å². The summed E-state index contributed by atoms with van der Waals surface area (Å²) in [5.41, 5.74) is 3.62. The van der Waals surface area contributed by atoms with Gasteiger partial charge in [-0.1, -0.05) is 72.0 Å². The van der Waals surface area contributed by atoms with Crippen LogP contribution in [0.1, 0.15) is 29.8 Å². The van der Waals surface area contributed by atoms with Crippen molar-refractivity contribution in [2.75, 3.05) is 13.1 Å². The van der Waals surface area contributed by atoms with Gasteiger partial charge in [0.25, 0.3) is 0 Å². The van der Waals surface area contributed by atoms with Gasteiger partial charge in [0.15, 0.2) is 0 Å². The highest BCUT2D eigenvalue weighted by atomic mass is 32.1. The van der Waals surface area contributed by atoms with Crippen molar-refractivity contribution in [1.29, 1.82) is 0 Å². The highest BCUT2D eigenvalue weighted by Crippen LogP contribution is 2.40. The summed E-state index contributed by atoms with van der Waals surface area (Å²) in [7, 11) is 0. The van der Waals surface area contributed by atoms with Crippen LogP contribution in [0.3, 0.4) is 0 Å². The van der Waals surface area contributed by atoms with Crippen LogP contribution in [0.25, 0.3) is 20.9 Å². The molecule has 0 radical (unpaired) electrons. The Labute approximate surface area is 212 Å². The van der Waals surface area contributed by atoms with E-state index in [1.54, 1.807) is 6.07 Å². The van der Waals surface area contributed by atoms with Gasteiger partial charge >= 0.3 is 5.97 Å². The lowest BCUT2D eigenvalue weighted by Gasteiger charge is -2.41. The lowest BCUT2D eigenvalue weighted by molar-refractivity contribution is -0.148. The summed E-state index contributed by atoms with van der Waals surface area (Å²) in [5, 5.41) is 9.71. The van der Waals surface area contributed by atoms with Gasteiger partial charge in [-0.25, -0.2) is 14.4 Å². The van der Waals surface area contributed by atoms with Crippen molar-refractivity contribution in [3.8, 4) is 10.6 Å². The quantitative estimate of drug-likeness (QED) is 0.355. The second kappa shape index (κ2) is 8.76. The summed E-state index contributed by atoms with van der Waals surface area (Å²) < 4.78 is 15.2. The number of aromatic nitrogens is 2. The first-order chi connectivity index (χ1) is 17.4. The highest BCUT2D eigenvalue weighted by molar-refractivity contribution is 7.21. The number of nitrogens with zero attached hydrogens (tertiary/aromatic N) is 3. The molecule has 0 spiro atoms. The SMILES string of the molecule is CC(c1ccc(-c2nc3ccc(C4(c5ccccc5)C=CC=C4)nc3s2)c(F)c1)N1CC(C(=O)O)C1. The molecular weight excluding hydrogens is 473 g/mol. The number of carbonyl (C=O) groups is 1. The van der Waals surface area contributed by atoms with E-state index in [2.05, 4.69) is 29.3 Å². The van der Waals surface area contributed by atoms with Crippen LogP contribution >= 0.6 is 11.3 Å². The van der Waals surface area contributed by atoms with E-state index in [4.69, 9.17) is 10.1 Å². The Morgan fingerprint density at radius 3 is 2.53 bits per heavy atom. The molecule has 2 aromatic heterocycles. The molecule has 5 nitrogen and oxygen atoms in total. The molecule has 180 valence electrons. The van der Waals surface area contributed by atoms with E-state index >= 15 is 4.39 Å². The molecule has 36 heavy (non-hydrogen) atoms. The summed E-state index contributed by atoms with van der Waals surface area (Å²) in [6.45, 7) is 2.95. The molecule has 6 rings (SSSR count). The van der Waals surface area contributed by atoms with Crippen LogP contribution < -0.4 is 0 Å². The third-order valence-corrected chi connectivity index (χ3v) is 8.27. The smallest absolute Gasteiger partial charge is 0.309 e. The van der Waals surface area contributed by atoms with Crippen LogP contribution in [0.4, 0.5) is 4.39 Å². The molecule has 1 unspecified atom stereocenters. The van der Waals surface area contributed by atoms with E-state index in [1.165, 1.54) is 17.4 Å². The van der Waals surface area contributed by atoms with Crippen LogP contribution in [0.15, 0.2) is 85.0 Å². The average molecular weight is 498 g/mol. The summed E-state index contributed by atoms with van der Waals surface area (Å²) in [6, 6.07) is 19.4. The zero-order valence-corrected chi connectivity index (χ0v) is 20.5. The van der Waals surface area contributed by atoms with Crippen molar-refractivity contribution in [2.45, 2.75) is 18.4 Å². The maximum Gasteiger partial charge on any atom is 0.309 e. The number of likely N-dealkylation sites (tertiary alicyclic amines) is 1. The molecule has 0 saturated carbocycles. The minimum Gasteiger partial charge on any atom is -0.481 e. The van der Waals surface area contributed by atoms with E-state index in [9.17, 15) is 4.79 Å². The molecule has 4 aromatic rings. The number of fused-ring (bicyclic) bond motifs is 1. The highest BCUT2D eigenvalue weighted by Gasteiger charge is 2.36. The van der Waals surface area contributed by atoms with Crippen LogP contribution in [-0.2, 0) is 10.2 Å². The zero-order chi connectivity index (χ0) is 24.9. The Balaban J connectivity index is 1.30. The number of carboxylic acid groups (broad SMARTS) is 1. The lowest BCUT2D eigenvalue weighted by Crippen LogP contribution is -2.51. The molecule has 1 fully saturated rings. The topological polar surface area (TPSA) is 66.3 Å². The Morgan fingerprint density at radius 1 is 1.08 bits per heavy atom. The first-order valence-corrected chi connectivity index (χ1v) is 12.7. The second-order valence-electron chi connectivity index (χ2n) is 9.40. The summed E-state index contributed by atoms with van der Waals surface area (Å²) >= 11 is 1.39. The molecule has 1 N–H and O–H groups in total. The molecule has 2 aliphatic rings. The molecule has 0 bridgehead atoms. The van der Waals surface area contributed by atoms with Crippen LogP contribution in [0.2, 0.25) is 0 Å². The maximum absolute atomic E-state index is 15.2. The summed E-state index contributed by atoms with van der Waals surface area (Å²) in [6.07, 6.45) is 8.37. The average Bonchev–Trinajstić information content (AvgIpc) is 3.51. The summed E-state index contributed by atoms with van der Waals surface area (Å²) in [4.78, 5) is 23.6. The Kier molecular flexibility index (Phi) is 5.54. The molecule has 1 atom stereocenters. The van der Waals surface area contributed by atoms with Crippen molar-refractivity contribution >= 4 is 27.7 Å². The molecule has 1 aliphatic heterocycles. The number of aliphatic carboxylic acids is 1. The number of rotatable bonds is 6. The lowest BCUT2D eigenvalue weighted by atomic mass is 9.78. The number of carboxylic acids is 1. The van der Waals surface area contributed by atoms with Gasteiger partial charge in [0, 0.05) is 24.7 Å². The molecule has 0 amide bonds. The van der Waals surface area contributed by atoms with E-state index in [-0.39, 0.29) is 17.8 Å². The van der Waals surface area contributed by atoms with Gasteiger partial charge in [0.2, 0.25) is 0 Å². The monoisotopic (exact) mass is 497 g/mol. The number of halogens is 1. The largest absolute Gasteiger partial charge is 0.481 e. The predicted octanol–water partition coefficient (Wildman–Crippen LogP) is 5.99. The standard InChI is InChI=1S/C29H24FN3O2S/c1-18(33-16-20(17-33)28(34)35)19-9-10-22(23(30)15-19)26-31-24-11-12-25(32-27(24)36-26)29(13-5-6-14-29)21-7-3-2-4-8-21/h2-15,18,20H,16-17H2,1H3,(H,34,35). The third-order valence-electron chi connectivity index (χ3n) is 7.27. The van der Waals surface area contributed by atoms with Gasteiger partial charge in [-0.05, 0) is 42.3 Å². The maximum atomic E-state index is 15.2. The van der Waals surface area contributed by atoms with Gasteiger partial charge in [0.05, 0.1) is 17.0 Å². The normalized spacial score (nSPS) is 17.9. The van der Waals surface area contributed by atoms with Crippen LogP contribution in [0.5, 0.6) is 0 Å². The molecule has 1 saturated heterocycles. The fourth-order valence-electron chi connectivity index (χ4n) is 5.02. The summed E-state index contributed by atoms with van der Waals surface area (Å²) in [5.74, 6) is -1.45. The Hall–Kier alpha value is -3.68. The van der Waals surface area contributed by atoms with E-state index in [0.717, 1.165) is 27.2 Å². The number of hydrogen-bond donors (Lipinski definition) is 1. The third kappa shape index (κ3) is 3.75. The minimum atomic E-state index is -0.776. The molecular formula is C29H24FN3O2S. The number of allylic oxidation sites excluding steroid dienone is 4. The van der Waals surface area contributed by atoms with E-state index < -0.39 is 11.4 Å². The van der Waals surface area contributed by atoms with Gasteiger partial charge in [-0.3, -0.25) is 9.69 Å². The van der Waals surface area contributed by atoms with E-state index in [0.29, 0.717) is 23.7 Å². The van der Waals surface area contributed by atoms with Gasteiger partial charge in [-0.2, -0.15) is 0 Å². The number of pyridine rings is 1. The number of hydrogen-bond acceptors (Lipinski definition) is 5. The van der Waals surface area contributed by atoms with Gasteiger partial charge in [0.1, 0.15) is 21.2 Å². The van der Waals surface area contributed by atoms with Crippen molar-refractivity contribution in [1.82, 2.24) is 14.9 Å². The molecule has 3 heterocycles. The zero-order valence-electron chi connectivity index (χ0n) is 19.6. The molecule has 1 aliphatic carbocycles. The molecule has 7 heteroatoms. The van der Waals surface area contributed by atoms with Crippen LogP contribution in [-0.4, -0.2) is 39.0 Å². The van der Waals surface area contributed by atoms with E-state index in [1.807, 2.05) is 60.4 Å².